The van der Waals surface area contributed by atoms with E-state index in [0.717, 1.165) is 45.6 Å². The maximum Gasteiger partial charge on any atom is 0.245 e. The van der Waals surface area contributed by atoms with Crippen LogP contribution in [0.1, 0.15) is 23.6 Å². The number of carbonyl (C=O) groups is 1. The third kappa shape index (κ3) is 3.90. The number of fused-ring (bicyclic) bond motifs is 1. The highest BCUT2D eigenvalue weighted by Gasteiger charge is 2.32. The van der Waals surface area contributed by atoms with Crippen molar-refractivity contribution in [1.29, 1.82) is 0 Å². The molecule has 3 heterocycles. The van der Waals surface area contributed by atoms with E-state index in [4.69, 9.17) is 10.5 Å². The minimum Gasteiger partial charge on any atom is -0.489 e. The van der Waals surface area contributed by atoms with Crippen LogP contribution in [0.5, 0.6) is 5.75 Å². The number of anilines is 1. The summed E-state index contributed by atoms with van der Waals surface area (Å²) < 4.78 is 8.07. The van der Waals surface area contributed by atoms with Gasteiger partial charge in [0.1, 0.15) is 30.1 Å². The molecule has 172 valence electrons. The zero-order valence-corrected chi connectivity index (χ0v) is 19.1. The molecule has 0 aliphatic carbocycles. The van der Waals surface area contributed by atoms with Gasteiger partial charge in [-0.15, -0.1) is 0 Å². The standard InChI is InChI=1S/C27H27N5O2/c1-3-22(33)32-14-13-20(15-32)25-23(24-26(28)29-17-30-27(24)31(25)2)19-9-11-21(12-10-19)34-16-18-7-5-4-6-8-18/h3-12,17,20H,1,13-16H2,2H3,(H2,28,29,30)/t20-/m1/s1. The lowest BCUT2D eigenvalue weighted by Crippen LogP contribution is -2.26. The van der Waals surface area contributed by atoms with Gasteiger partial charge in [-0.1, -0.05) is 49.0 Å². The number of rotatable bonds is 6. The van der Waals surface area contributed by atoms with E-state index in [1.807, 2.05) is 66.5 Å². The van der Waals surface area contributed by atoms with Gasteiger partial charge in [0.05, 0.1) is 5.39 Å². The van der Waals surface area contributed by atoms with Crippen LogP contribution in [-0.4, -0.2) is 38.4 Å². The van der Waals surface area contributed by atoms with Crippen molar-refractivity contribution in [2.75, 3.05) is 18.8 Å². The van der Waals surface area contributed by atoms with Crippen molar-refractivity contribution in [1.82, 2.24) is 19.4 Å². The monoisotopic (exact) mass is 453 g/mol. The molecule has 34 heavy (non-hydrogen) atoms. The first-order valence-electron chi connectivity index (χ1n) is 11.3. The van der Waals surface area contributed by atoms with Crippen molar-refractivity contribution in [3.05, 3.63) is 84.8 Å². The van der Waals surface area contributed by atoms with E-state index in [1.54, 1.807) is 0 Å². The van der Waals surface area contributed by atoms with E-state index < -0.39 is 0 Å². The number of aromatic nitrogens is 3. The molecule has 0 saturated carbocycles. The Bertz CT molecular complexity index is 1350. The molecule has 1 aliphatic heterocycles. The van der Waals surface area contributed by atoms with E-state index in [-0.39, 0.29) is 11.8 Å². The summed E-state index contributed by atoms with van der Waals surface area (Å²) >= 11 is 0. The molecule has 1 atom stereocenters. The first-order valence-corrected chi connectivity index (χ1v) is 11.3. The molecule has 0 radical (unpaired) electrons. The summed E-state index contributed by atoms with van der Waals surface area (Å²) in [4.78, 5) is 22.8. The minimum absolute atomic E-state index is 0.0398. The van der Waals surface area contributed by atoms with Crippen molar-refractivity contribution >= 4 is 22.8 Å². The molecule has 0 unspecified atom stereocenters. The van der Waals surface area contributed by atoms with Gasteiger partial charge in [-0.2, -0.15) is 0 Å². The molecule has 1 fully saturated rings. The Labute approximate surface area is 198 Å². The smallest absolute Gasteiger partial charge is 0.245 e. The van der Waals surface area contributed by atoms with Crippen LogP contribution in [0, 0.1) is 0 Å². The molecule has 7 heteroatoms. The molecular weight excluding hydrogens is 426 g/mol. The van der Waals surface area contributed by atoms with E-state index >= 15 is 0 Å². The Kier molecular flexibility index (Phi) is 5.76. The fourth-order valence-corrected chi connectivity index (χ4v) is 4.84. The summed E-state index contributed by atoms with van der Waals surface area (Å²) in [6, 6.07) is 18.1. The number of ether oxygens (including phenoxy) is 1. The number of nitrogen functional groups attached to an aromatic ring is 1. The van der Waals surface area contributed by atoms with Crippen LogP contribution in [0.25, 0.3) is 22.2 Å². The average Bonchev–Trinajstić information content (AvgIpc) is 3.47. The second kappa shape index (κ2) is 9.02. The largest absolute Gasteiger partial charge is 0.489 e. The highest BCUT2D eigenvalue weighted by atomic mass is 16.5. The predicted molar refractivity (Wildman–Crippen MR) is 133 cm³/mol. The lowest BCUT2D eigenvalue weighted by molar-refractivity contribution is -0.125. The fourth-order valence-electron chi connectivity index (χ4n) is 4.84. The Balaban J connectivity index is 1.52. The van der Waals surface area contributed by atoms with Crippen LogP contribution in [-0.2, 0) is 18.4 Å². The van der Waals surface area contributed by atoms with Crippen LogP contribution in [0.4, 0.5) is 5.82 Å². The molecule has 1 aliphatic rings. The zero-order valence-electron chi connectivity index (χ0n) is 19.1. The molecule has 5 rings (SSSR count). The molecule has 2 aromatic heterocycles. The summed E-state index contributed by atoms with van der Waals surface area (Å²) in [6.45, 7) is 5.47. The number of aryl methyl sites for hydroxylation is 1. The van der Waals surface area contributed by atoms with Crippen LogP contribution in [0.2, 0.25) is 0 Å². The number of carbonyl (C=O) groups excluding carboxylic acids is 1. The number of benzene rings is 2. The van der Waals surface area contributed by atoms with Gasteiger partial charge in [0.2, 0.25) is 5.91 Å². The molecular formula is C27H27N5O2. The lowest BCUT2D eigenvalue weighted by Gasteiger charge is -2.17. The summed E-state index contributed by atoms with van der Waals surface area (Å²) in [5, 5.41) is 0.839. The van der Waals surface area contributed by atoms with Gasteiger partial charge in [-0.05, 0) is 35.8 Å². The number of likely N-dealkylation sites (tertiary alicyclic amines) is 1. The first kappa shape index (κ1) is 21.7. The van der Waals surface area contributed by atoms with Crippen molar-refractivity contribution in [3.63, 3.8) is 0 Å². The topological polar surface area (TPSA) is 86.3 Å². The first-order chi connectivity index (χ1) is 16.6. The molecule has 0 bridgehead atoms. The maximum absolute atomic E-state index is 12.2. The zero-order chi connectivity index (χ0) is 23.7. The summed E-state index contributed by atoms with van der Waals surface area (Å²) in [5.74, 6) is 1.36. The normalized spacial score (nSPS) is 15.6. The average molecular weight is 454 g/mol. The van der Waals surface area contributed by atoms with Gasteiger partial charge in [0.25, 0.3) is 0 Å². The van der Waals surface area contributed by atoms with Crippen molar-refractivity contribution in [2.45, 2.75) is 18.9 Å². The van der Waals surface area contributed by atoms with Crippen molar-refractivity contribution in [2.24, 2.45) is 7.05 Å². The number of hydrogen-bond donors (Lipinski definition) is 1. The Hall–Kier alpha value is -4.13. The molecule has 1 saturated heterocycles. The highest BCUT2D eigenvalue weighted by molar-refractivity contribution is 6.02. The second-order valence-electron chi connectivity index (χ2n) is 8.55. The van der Waals surface area contributed by atoms with Crippen molar-refractivity contribution < 1.29 is 9.53 Å². The SMILES string of the molecule is C=CC(=O)N1CC[C@@H](c2c(-c3ccc(OCc4ccccc4)cc3)c3c(N)ncnc3n2C)C1. The second-order valence-corrected chi connectivity index (χ2v) is 8.55. The summed E-state index contributed by atoms with van der Waals surface area (Å²) in [5.41, 5.74) is 11.4. The van der Waals surface area contributed by atoms with E-state index in [2.05, 4.69) is 21.1 Å². The van der Waals surface area contributed by atoms with Gasteiger partial charge in [-0.25, -0.2) is 9.97 Å². The molecule has 2 N–H and O–H groups in total. The molecule has 1 amide bonds. The summed E-state index contributed by atoms with van der Waals surface area (Å²) in [7, 11) is 2.00. The predicted octanol–water partition coefficient (Wildman–Crippen LogP) is 4.30. The van der Waals surface area contributed by atoms with Crippen LogP contribution in [0.3, 0.4) is 0 Å². The molecule has 2 aromatic carbocycles. The van der Waals surface area contributed by atoms with Crippen LogP contribution < -0.4 is 10.5 Å². The van der Waals surface area contributed by atoms with E-state index in [1.165, 1.54) is 12.4 Å². The lowest BCUT2D eigenvalue weighted by atomic mass is 9.94. The number of amides is 1. The quantitative estimate of drug-likeness (QED) is 0.440. The Morgan fingerprint density at radius 1 is 1.18 bits per heavy atom. The van der Waals surface area contributed by atoms with E-state index in [9.17, 15) is 4.79 Å². The van der Waals surface area contributed by atoms with Gasteiger partial charge >= 0.3 is 0 Å². The minimum atomic E-state index is -0.0398. The maximum atomic E-state index is 12.2. The third-order valence-electron chi connectivity index (χ3n) is 6.49. The molecule has 7 nitrogen and oxygen atoms in total. The van der Waals surface area contributed by atoms with Gasteiger partial charge in [-0.3, -0.25) is 4.79 Å². The number of hydrogen-bond acceptors (Lipinski definition) is 5. The summed E-state index contributed by atoms with van der Waals surface area (Å²) in [6.07, 6.45) is 3.73. The van der Waals surface area contributed by atoms with Crippen LogP contribution >= 0.6 is 0 Å². The van der Waals surface area contributed by atoms with Gasteiger partial charge in [0, 0.05) is 37.3 Å². The Morgan fingerprint density at radius 3 is 2.68 bits per heavy atom. The van der Waals surface area contributed by atoms with Crippen LogP contribution in [0.15, 0.2) is 73.6 Å². The van der Waals surface area contributed by atoms with Gasteiger partial charge < -0.3 is 19.9 Å². The van der Waals surface area contributed by atoms with Crippen molar-refractivity contribution in [3.8, 4) is 16.9 Å². The molecule has 0 spiro atoms. The number of nitrogens with zero attached hydrogens (tertiary/aromatic N) is 4. The van der Waals surface area contributed by atoms with Gasteiger partial charge in [0.15, 0.2) is 0 Å². The Morgan fingerprint density at radius 2 is 1.94 bits per heavy atom. The third-order valence-corrected chi connectivity index (χ3v) is 6.49. The number of nitrogens with two attached hydrogens (primary N) is 1. The van der Waals surface area contributed by atoms with E-state index in [0.29, 0.717) is 25.5 Å². The fraction of sp³-hybridized carbons (Fsp3) is 0.222. The molecule has 4 aromatic rings. The highest BCUT2D eigenvalue weighted by Crippen LogP contribution is 2.42.